The van der Waals surface area contributed by atoms with E-state index in [0.29, 0.717) is 12.1 Å². The average molecular weight is 281 g/mol. The summed E-state index contributed by atoms with van der Waals surface area (Å²) in [7, 11) is 0. The molecular formula is C14H19NO3S. The fourth-order valence-electron chi connectivity index (χ4n) is 1.49. The zero-order valence-electron chi connectivity index (χ0n) is 11.3. The number of carbonyl (C=O) groups is 2. The lowest BCUT2D eigenvalue weighted by Gasteiger charge is -2.13. The molecule has 0 saturated heterocycles. The second-order valence-electron chi connectivity index (χ2n) is 4.74. The van der Waals surface area contributed by atoms with Crippen molar-refractivity contribution in [2.45, 2.75) is 37.3 Å². The standard InChI is InChI=1S/C14H19NO3S/c1-9(2)8-13(16)15-11-6-4-5-7-12(11)19-10(3)14(17)18/h4-7,9-10H,8H2,1-3H3,(H,15,16)(H,17,18)/t10-/m0/s1. The third-order valence-electron chi connectivity index (χ3n) is 2.41. The number of benzene rings is 1. The maximum absolute atomic E-state index is 11.8. The van der Waals surface area contributed by atoms with Crippen molar-refractivity contribution in [1.82, 2.24) is 0 Å². The Balaban J connectivity index is 2.78. The van der Waals surface area contributed by atoms with Gasteiger partial charge in [-0.1, -0.05) is 26.0 Å². The molecule has 1 rings (SSSR count). The molecule has 19 heavy (non-hydrogen) atoms. The highest BCUT2D eigenvalue weighted by Gasteiger charge is 2.15. The number of hydrogen-bond donors (Lipinski definition) is 2. The van der Waals surface area contributed by atoms with Gasteiger partial charge in [0.25, 0.3) is 0 Å². The molecule has 1 aromatic carbocycles. The van der Waals surface area contributed by atoms with Crippen LogP contribution in [0.3, 0.4) is 0 Å². The van der Waals surface area contributed by atoms with E-state index in [4.69, 9.17) is 5.11 Å². The largest absolute Gasteiger partial charge is 0.480 e. The Morgan fingerprint density at radius 1 is 1.26 bits per heavy atom. The summed E-state index contributed by atoms with van der Waals surface area (Å²) in [6.45, 7) is 5.58. The number of carbonyl (C=O) groups excluding carboxylic acids is 1. The summed E-state index contributed by atoms with van der Waals surface area (Å²) < 4.78 is 0. The Morgan fingerprint density at radius 3 is 2.47 bits per heavy atom. The molecule has 0 aromatic heterocycles. The molecule has 0 fully saturated rings. The molecule has 0 unspecified atom stereocenters. The van der Waals surface area contributed by atoms with Crippen LogP contribution >= 0.6 is 11.8 Å². The molecule has 0 aliphatic carbocycles. The summed E-state index contributed by atoms with van der Waals surface area (Å²) in [6.07, 6.45) is 0.452. The van der Waals surface area contributed by atoms with Gasteiger partial charge in [-0.25, -0.2) is 0 Å². The predicted molar refractivity (Wildman–Crippen MR) is 77.5 cm³/mol. The molecule has 1 aromatic rings. The number of carboxylic acids is 1. The number of carboxylic acid groups (broad SMARTS) is 1. The Bertz CT molecular complexity index is 460. The van der Waals surface area contributed by atoms with Gasteiger partial charge in [0, 0.05) is 11.3 Å². The van der Waals surface area contributed by atoms with E-state index in [-0.39, 0.29) is 11.8 Å². The summed E-state index contributed by atoms with van der Waals surface area (Å²) in [5.41, 5.74) is 0.672. The third kappa shape index (κ3) is 5.34. The molecule has 1 atom stereocenters. The van der Waals surface area contributed by atoms with Crippen LogP contribution < -0.4 is 5.32 Å². The Hall–Kier alpha value is -1.49. The van der Waals surface area contributed by atoms with Crippen LogP contribution in [0.15, 0.2) is 29.2 Å². The van der Waals surface area contributed by atoms with Crippen LogP contribution in [-0.4, -0.2) is 22.2 Å². The lowest BCUT2D eigenvalue weighted by molar-refractivity contribution is -0.136. The van der Waals surface area contributed by atoms with Gasteiger partial charge < -0.3 is 10.4 Å². The summed E-state index contributed by atoms with van der Waals surface area (Å²) in [6, 6.07) is 7.25. The first-order valence-electron chi connectivity index (χ1n) is 6.18. The highest BCUT2D eigenvalue weighted by molar-refractivity contribution is 8.00. The van der Waals surface area contributed by atoms with Gasteiger partial charge in [-0.3, -0.25) is 9.59 Å². The van der Waals surface area contributed by atoms with Crippen molar-refractivity contribution in [2.24, 2.45) is 5.92 Å². The number of nitrogens with one attached hydrogen (secondary N) is 1. The maximum atomic E-state index is 11.8. The van der Waals surface area contributed by atoms with Crippen molar-refractivity contribution in [3.63, 3.8) is 0 Å². The van der Waals surface area contributed by atoms with E-state index in [2.05, 4.69) is 5.32 Å². The maximum Gasteiger partial charge on any atom is 0.316 e. The molecule has 2 N–H and O–H groups in total. The molecule has 4 nitrogen and oxygen atoms in total. The van der Waals surface area contributed by atoms with Gasteiger partial charge in [0.15, 0.2) is 0 Å². The molecule has 0 aliphatic rings. The SMILES string of the molecule is CC(C)CC(=O)Nc1ccccc1S[C@@H](C)C(=O)O. The topological polar surface area (TPSA) is 66.4 Å². The van der Waals surface area contributed by atoms with E-state index in [1.165, 1.54) is 11.8 Å². The number of amides is 1. The Labute approximate surface area is 117 Å². The van der Waals surface area contributed by atoms with E-state index in [9.17, 15) is 9.59 Å². The van der Waals surface area contributed by atoms with Crippen LogP contribution in [0.4, 0.5) is 5.69 Å². The van der Waals surface area contributed by atoms with Gasteiger partial charge in [0.2, 0.25) is 5.91 Å². The van der Waals surface area contributed by atoms with Crippen LogP contribution in [0.2, 0.25) is 0 Å². The number of hydrogen-bond acceptors (Lipinski definition) is 3. The van der Waals surface area contributed by atoms with E-state index in [1.54, 1.807) is 13.0 Å². The summed E-state index contributed by atoms with van der Waals surface area (Å²) >= 11 is 1.22. The van der Waals surface area contributed by atoms with Crippen molar-refractivity contribution in [3.05, 3.63) is 24.3 Å². The minimum atomic E-state index is -0.867. The average Bonchev–Trinajstić information content (AvgIpc) is 2.30. The molecule has 0 saturated carbocycles. The normalized spacial score (nSPS) is 12.2. The second-order valence-corrected chi connectivity index (χ2v) is 6.12. The Kier molecular flexibility index (Phi) is 5.89. The van der Waals surface area contributed by atoms with Crippen LogP contribution in [0, 0.1) is 5.92 Å². The van der Waals surface area contributed by atoms with Crippen LogP contribution in [0.1, 0.15) is 27.2 Å². The number of thioether (sulfide) groups is 1. The molecule has 0 heterocycles. The van der Waals surface area contributed by atoms with Gasteiger partial charge in [0.1, 0.15) is 5.25 Å². The summed E-state index contributed by atoms with van der Waals surface area (Å²) in [5.74, 6) is -0.628. The van der Waals surface area contributed by atoms with E-state index in [0.717, 1.165) is 4.90 Å². The van der Waals surface area contributed by atoms with Gasteiger partial charge in [0.05, 0.1) is 5.69 Å². The molecule has 0 spiro atoms. The van der Waals surface area contributed by atoms with Crippen molar-refractivity contribution < 1.29 is 14.7 Å². The summed E-state index contributed by atoms with van der Waals surface area (Å²) in [5, 5.41) is 11.2. The van der Waals surface area contributed by atoms with E-state index >= 15 is 0 Å². The van der Waals surface area contributed by atoms with Crippen molar-refractivity contribution in [2.75, 3.05) is 5.32 Å². The molecule has 0 radical (unpaired) electrons. The van der Waals surface area contributed by atoms with E-state index < -0.39 is 11.2 Å². The number of anilines is 1. The molecule has 104 valence electrons. The number of aliphatic carboxylic acids is 1. The van der Waals surface area contributed by atoms with Gasteiger partial charge in [-0.15, -0.1) is 11.8 Å². The Morgan fingerprint density at radius 2 is 1.89 bits per heavy atom. The quantitative estimate of drug-likeness (QED) is 0.786. The summed E-state index contributed by atoms with van der Waals surface area (Å²) in [4.78, 5) is 23.4. The van der Waals surface area contributed by atoms with Crippen molar-refractivity contribution >= 4 is 29.3 Å². The zero-order chi connectivity index (χ0) is 14.4. The molecular weight excluding hydrogens is 262 g/mol. The monoisotopic (exact) mass is 281 g/mol. The first-order chi connectivity index (χ1) is 8.90. The highest BCUT2D eigenvalue weighted by atomic mass is 32.2. The van der Waals surface area contributed by atoms with Crippen LogP contribution in [0.25, 0.3) is 0 Å². The second kappa shape index (κ2) is 7.19. The molecule has 0 bridgehead atoms. The lowest BCUT2D eigenvalue weighted by atomic mass is 10.1. The predicted octanol–water partition coefficient (Wildman–Crippen LogP) is 3.24. The van der Waals surface area contributed by atoms with Crippen LogP contribution in [-0.2, 0) is 9.59 Å². The van der Waals surface area contributed by atoms with Gasteiger partial charge in [-0.05, 0) is 25.0 Å². The van der Waals surface area contributed by atoms with Crippen molar-refractivity contribution in [1.29, 1.82) is 0 Å². The van der Waals surface area contributed by atoms with E-state index in [1.807, 2.05) is 32.0 Å². The molecule has 0 aliphatic heterocycles. The van der Waals surface area contributed by atoms with Gasteiger partial charge >= 0.3 is 5.97 Å². The molecule has 1 amide bonds. The minimum Gasteiger partial charge on any atom is -0.480 e. The fourth-order valence-corrected chi connectivity index (χ4v) is 2.37. The zero-order valence-corrected chi connectivity index (χ0v) is 12.2. The number of rotatable bonds is 6. The van der Waals surface area contributed by atoms with Crippen molar-refractivity contribution in [3.8, 4) is 0 Å². The van der Waals surface area contributed by atoms with Gasteiger partial charge in [-0.2, -0.15) is 0 Å². The number of para-hydroxylation sites is 1. The first-order valence-corrected chi connectivity index (χ1v) is 7.06. The third-order valence-corrected chi connectivity index (χ3v) is 3.57. The fraction of sp³-hybridized carbons (Fsp3) is 0.429. The highest BCUT2D eigenvalue weighted by Crippen LogP contribution is 2.30. The van der Waals surface area contributed by atoms with Crippen LogP contribution in [0.5, 0.6) is 0 Å². The minimum absolute atomic E-state index is 0.0500. The molecule has 5 heteroatoms. The lowest BCUT2D eigenvalue weighted by Crippen LogP contribution is -2.15. The first kappa shape index (κ1) is 15.6. The smallest absolute Gasteiger partial charge is 0.316 e.